The maximum Gasteiger partial charge on any atom is 0.141 e. The first-order valence-corrected chi connectivity index (χ1v) is 5.97. The van der Waals surface area contributed by atoms with Crippen molar-refractivity contribution in [3.63, 3.8) is 0 Å². The molecular formula is C12H14ClFN4. The van der Waals surface area contributed by atoms with E-state index in [1.807, 2.05) is 13.8 Å². The normalized spacial score (nSPS) is 13.0. The van der Waals surface area contributed by atoms with E-state index < -0.39 is 11.9 Å². The summed E-state index contributed by atoms with van der Waals surface area (Å²) in [7, 11) is 0. The van der Waals surface area contributed by atoms with Crippen molar-refractivity contribution in [3.05, 3.63) is 46.8 Å². The van der Waals surface area contributed by atoms with E-state index in [0.717, 1.165) is 6.20 Å². The number of aromatic nitrogens is 3. The Kier molecular flexibility index (Phi) is 3.63. The molecule has 2 aromatic rings. The number of hydrogen-bond donors (Lipinski definition) is 1. The molecule has 6 heteroatoms. The second-order valence-corrected chi connectivity index (χ2v) is 4.74. The monoisotopic (exact) mass is 268 g/mol. The lowest BCUT2D eigenvalue weighted by Crippen LogP contribution is -2.19. The van der Waals surface area contributed by atoms with Gasteiger partial charge in [0.2, 0.25) is 0 Å². The quantitative estimate of drug-likeness (QED) is 0.931. The zero-order valence-corrected chi connectivity index (χ0v) is 10.9. The highest BCUT2D eigenvalue weighted by atomic mass is 35.5. The maximum atomic E-state index is 13.2. The van der Waals surface area contributed by atoms with Crippen molar-refractivity contribution in [2.75, 3.05) is 0 Å². The molecule has 0 spiro atoms. The van der Waals surface area contributed by atoms with Gasteiger partial charge in [-0.3, -0.25) is 9.67 Å². The topological polar surface area (TPSA) is 56.7 Å². The van der Waals surface area contributed by atoms with Crippen LogP contribution in [0.1, 0.15) is 37.2 Å². The highest BCUT2D eigenvalue weighted by Gasteiger charge is 2.20. The van der Waals surface area contributed by atoms with Crippen LogP contribution in [0.25, 0.3) is 0 Å². The fourth-order valence-electron chi connectivity index (χ4n) is 1.81. The van der Waals surface area contributed by atoms with E-state index in [4.69, 9.17) is 17.3 Å². The summed E-state index contributed by atoms with van der Waals surface area (Å²) in [5, 5.41) is 4.65. The van der Waals surface area contributed by atoms with Crippen LogP contribution >= 0.6 is 11.6 Å². The smallest absolute Gasteiger partial charge is 0.141 e. The van der Waals surface area contributed by atoms with E-state index in [-0.39, 0.29) is 6.04 Å². The summed E-state index contributed by atoms with van der Waals surface area (Å²) in [5.74, 6) is -0.422. The number of rotatable bonds is 3. The minimum absolute atomic E-state index is 0.125. The SMILES string of the molecule is CC(C)n1ncc(Cl)c1C(N)c1cncc(F)c1. The molecule has 0 amide bonds. The van der Waals surface area contributed by atoms with Crippen LogP contribution in [-0.2, 0) is 0 Å². The van der Waals surface area contributed by atoms with Crippen LogP contribution in [0.15, 0.2) is 24.7 Å². The van der Waals surface area contributed by atoms with Gasteiger partial charge in [-0.15, -0.1) is 0 Å². The number of hydrogen-bond acceptors (Lipinski definition) is 3. The molecule has 0 aliphatic rings. The van der Waals surface area contributed by atoms with Gasteiger partial charge < -0.3 is 5.73 Å². The molecule has 0 saturated heterocycles. The molecule has 1 atom stereocenters. The van der Waals surface area contributed by atoms with Crippen molar-refractivity contribution in [2.45, 2.75) is 25.9 Å². The molecule has 2 rings (SSSR count). The first-order chi connectivity index (χ1) is 8.50. The van der Waals surface area contributed by atoms with E-state index in [1.165, 1.54) is 12.3 Å². The molecule has 0 aliphatic heterocycles. The maximum absolute atomic E-state index is 13.2. The standard InChI is InChI=1S/C12H14ClFN4/c1-7(2)18-12(10(13)6-17-18)11(15)8-3-9(14)5-16-4-8/h3-7,11H,15H2,1-2H3. The van der Waals surface area contributed by atoms with Crippen molar-refractivity contribution in [2.24, 2.45) is 5.73 Å². The molecule has 2 aromatic heterocycles. The fraction of sp³-hybridized carbons (Fsp3) is 0.333. The summed E-state index contributed by atoms with van der Waals surface area (Å²) >= 11 is 6.10. The van der Waals surface area contributed by atoms with Crippen molar-refractivity contribution >= 4 is 11.6 Å². The Balaban J connectivity index is 2.45. The van der Waals surface area contributed by atoms with Gasteiger partial charge in [-0.2, -0.15) is 5.10 Å². The summed E-state index contributed by atoms with van der Waals surface area (Å²) in [6.45, 7) is 3.95. The lowest BCUT2D eigenvalue weighted by molar-refractivity contribution is 0.498. The zero-order chi connectivity index (χ0) is 13.3. The van der Waals surface area contributed by atoms with Gasteiger partial charge in [0.05, 0.1) is 29.2 Å². The van der Waals surface area contributed by atoms with E-state index >= 15 is 0 Å². The van der Waals surface area contributed by atoms with Crippen LogP contribution in [0.2, 0.25) is 5.02 Å². The van der Waals surface area contributed by atoms with Crippen LogP contribution in [-0.4, -0.2) is 14.8 Å². The van der Waals surface area contributed by atoms with Gasteiger partial charge in [0.25, 0.3) is 0 Å². The average Bonchev–Trinajstić information content (AvgIpc) is 2.70. The predicted octanol–water partition coefficient (Wildman–Crippen LogP) is 2.70. The summed E-state index contributed by atoms with van der Waals surface area (Å²) in [4.78, 5) is 3.79. The molecule has 1 unspecified atom stereocenters. The molecule has 18 heavy (non-hydrogen) atoms. The van der Waals surface area contributed by atoms with Gasteiger partial charge in [-0.1, -0.05) is 11.6 Å². The third-order valence-electron chi connectivity index (χ3n) is 2.66. The molecular weight excluding hydrogens is 255 g/mol. The van der Waals surface area contributed by atoms with Crippen LogP contribution in [0.5, 0.6) is 0 Å². The second-order valence-electron chi connectivity index (χ2n) is 4.33. The zero-order valence-electron chi connectivity index (χ0n) is 10.1. The van der Waals surface area contributed by atoms with Crippen LogP contribution in [0.3, 0.4) is 0 Å². The van der Waals surface area contributed by atoms with Gasteiger partial charge in [0, 0.05) is 12.2 Å². The summed E-state index contributed by atoms with van der Waals surface area (Å²) in [5.41, 5.74) is 7.35. The first-order valence-electron chi connectivity index (χ1n) is 5.59. The molecule has 96 valence electrons. The number of nitrogens with zero attached hydrogens (tertiary/aromatic N) is 3. The van der Waals surface area contributed by atoms with Gasteiger partial charge in [0.15, 0.2) is 0 Å². The Morgan fingerprint density at radius 3 is 2.67 bits per heavy atom. The minimum Gasteiger partial charge on any atom is -0.319 e. The largest absolute Gasteiger partial charge is 0.319 e. The van der Waals surface area contributed by atoms with Gasteiger partial charge in [0.1, 0.15) is 5.82 Å². The van der Waals surface area contributed by atoms with E-state index in [1.54, 1.807) is 10.9 Å². The Labute approximate surface area is 110 Å². The molecule has 4 nitrogen and oxygen atoms in total. The van der Waals surface area contributed by atoms with Crippen LogP contribution in [0.4, 0.5) is 4.39 Å². The second kappa shape index (κ2) is 5.04. The molecule has 2 heterocycles. The first kappa shape index (κ1) is 13.0. The number of pyridine rings is 1. The molecule has 0 saturated carbocycles. The van der Waals surface area contributed by atoms with Gasteiger partial charge >= 0.3 is 0 Å². The lowest BCUT2D eigenvalue weighted by atomic mass is 10.1. The molecule has 0 radical (unpaired) electrons. The summed E-state index contributed by atoms with van der Waals surface area (Å²) in [6, 6.07) is 0.928. The highest BCUT2D eigenvalue weighted by Crippen LogP contribution is 2.28. The number of nitrogens with two attached hydrogens (primary N) is 1. The van der Waals surface area contributed by atoms with Gasteiger partial charge in [-0.05, 0) is 25.5 Å². The van der Waals surface area contributed by atoms with Crippen LogP contribution in [0, 0.1) is 5.82 Å². The van der Waals surface area contributed by atoms with Crippen molar-refractivity contribution in [3.8, 4) is 0 Å². The summed E-state index contributed by atoms with van der Waals surface area (Å²) < 4.78 is 14.9. The molecule has 0 aromatic carbocycles. The average molecular weight is 269 g/mol. The Morgan fingerprint density at radius 1 is 1.33 bits per heavy atom. The van der Waals surface area contributed by atoms with Gasteiger partial charge in [-0.25, -0.2) is 4.39 Å². The number of halogens is 2. The van der Waals surface area contributed by atoms with E-state index in [2.05, 4.69) is 10.1 Å². The Morgan fingerprint density at radius 2 is 2.06 bits per heavy atom. The van der Waals surface area contributed by atoms with E-state index in [9.17, 15) is 4.39 Å². The third kappa shape index (κ3) is 2.37. The fourth-order valence-corrected chi connectivity index (χ4v) is 2.06. The molecule has 0 aliphatic carbocycles. The minimum atomic E-state index is -0.550. The third-order valence-corrected chi connectivity index (χ3v) is 2.95. The predicted molar refractivity (Wildman–Crippen MR) is 67.8 cm³/mol. The van der Waals surface area contributed by atoms with Crippen LogP contribution < -0.4 is 5.73 Å². The highest BCUT2D eigenvalue weighted by molar-refractivity contribution is 6.31. The molecule has 0 bridgehead atoms. The molecule has 2 N–H and O–H groups in total. The Bertz CT molecular complexity index is 553. The summed E-state index contributed by atoms with van der Waals surface area (Å²) in [6.07, 6.45) is 4.21. The molecule has 0 fully saturated rings. The van der Waals surface area contributed by atoms with Crippen molar-refractivity contribution in [1.82, 2.24) is 14.8 Å². The van der Waals surface area contributed by atoms with Crippen molar-refractivity contribution in [1.29, 1.82) is 0 Å². The lowest BCUT2D eigenvalue weighted by Gasteiger charge is -2.17. The van der Waals surface area contributed by atoms with E-state index in [0.29, 0.717) is 16.3 Å². The Hall–Kier alpha value is -1.46. The van der Waals surface area contributed by atoms with Crippen molar-refractivity contribution < 1.29 is 4.39 Å².